The zero-order valence-corrected chi connectivity index (χ0v) is 12.3. The molecule has 0 saturated carbocycles. The minimum absolute atomic E-state index is 0.0297. The summed E-state index contributed by atoms with van der Waals surface area (Å²) in [5.74, 6) is -1.57. The second-order valence-electron chi connectivity index (χ2n) is 5.65. The first kappa shape index (κ1) is 15.0. The number of aliphatic carboxylic acids is 1. The Hall–Kier alpha value is -2.37. The van der Waals surface area contributed by atoms with E-state index in [0.717, 1.165) is 11.3 Å². The van der Waals surface area contributed by atoms with Crippen LogP contribution in [0.5, 0.6) is 0 Å². The van der Waals surface area contributed by atoms with Crippen molar-refractivity contribution >= 4 is 23.5 Å². The molecule has 0 unspecified atom stereocenters. The fourth-order valence-electron chi connectivity index (χ4n) is 2.28. The number of nitrogens with zero attached hydrogens (tertiary/aromatic N) is 1. The zero-order valence-electron chi connectivity index (χ0n) is 12.3. The van der Waals surface area contributed by atoms with Gasteiger partial charge in [0.05, 0.1) is 0 Å². The lowest BCUT2D eigenvalue weighted by atomic mass is 10.0. The minimum Gasteiger partial charge on any atom is -0.480 e. The highest BCUT2D eigenvalue weighted by molar-refractivity contribution is 5.99. The van der Waals surface area contributed by atoms with Gasteiger partial charge < -0.3 is 15.3 Å². The molecular weight excluding hydrogens is 272 g/mol. The van der Waals surface area contributed by atoms with E-state index >= 15 is 0 Å². The third-order valence-corrected chi connectivity index (χ3v) is 3.58. The summed E-state index contributed by atoms with van der Waals surface area (Å²) in [5, 5.41) is 11.5. The number of benzene rings is 1. The Bertz CT molecular complexity index is 622. The lowest BCUT2D eigenvalue weighted by Crippen LogP contribution is -2.49. The molecule has 1 heterocycles. The number of anilines is 1. The Labute approximate surface area is 122 Å². The molecule has 0 spiro atoms. The van der Waals surface area contributed by atoms with Gasteiger partial charge in [-0.3, -0.25) is 9.59 Å². The molecule has 0 saturated heterocycles. The van der Waals surface area contributed by atoms with Gasteiger partial charge in [-0.1, -0.05) is 0 Å². The molecular formula is C15H18N2O4. The van der Waals surface area contributed by atoms with E-state index in [1.165, 1.54) is 20.8 Å². The summed E-state index contributed by atoms with van der Waals surface area (Å²) in [5.41, 5.74) is 0.803. The number of carbonyl (C=O) groups is 3. The summed E-state index contributed by atoms with van der Waals surface area (Å²) in [6.45, 7) is 4.97. The van der Waals surface area contributed by atoms with E-state index < -0.39 is 17.4 Å². The summed E-state index contributed by atoms with van der Waals surface area (Å²) < 4.78 is 0. The standard InChI is InChI=1S/C15H18N2O4/c1-9(18)17-7-6-10-8-11(4-5-12(10)17)13(19)16-15(2,3)14(20)21/h4-5,8H,6-7H2,1-3H3,(H,16,19)(H,20,21). The van der Waals surface area contributed by atoms with E-state index in [9.17, 15) is 14.4 Å². The summed E-state index contributed by atoms with van der Waals surface area (Å²) in [6.07, 6.45) is 0.693. The van der Waals surface area contributed by atoms with Crippen LogP contribution in [0.15, 0.2) is 18.2 Å². The molecule has 6 nitrogen and oxygen atoms in total. The number of amides is 2. The summed E-state index contributed by atoms with van der Waals surface area (Å²) in [4.78, 5) is 36.3. The predicted octanol–water partition coefficient (Wildman–Crippen LogP) is 1.19. The van der Waals surface area contributed by atoms with Crippen LogP contribution < -0.4 is 10.2 Å². The Morgan fingerprint density at radius 3 is 2.52 bits per heavy atom. The summed E-state index contributed by atoms with van der Waals surface area (Å²) >= 11 is 0. The van der Waals surface area contributed by atoms with E-state index in [0.29, 0.717) is 18.5 Å². The van der Waals surface area contributed by atoms with Gasteiger partial charge in [-0.15, -0.1) is 0 Å². The second-order valence-corrected chi connectivity index (χ2v) is 5.65. The van der Waals surface area contributed by atoms with Crippen molar-refractivity contribution in [2.75, 3.05) is 11.4 Å². The van der Waals surface area contributed by atoms with Gasteiger partial charge >= 0.3 is 5.97 Å². The first-order valence-electron chi connectivity index (χ1n) is 6.69. The van der Waals surface area contributed by atoms with Crippen molar-refractivity contribution in [3.63, 3.8) is 0 Å². The highest BCUT2D eigenvalue weighted by Crippen LogP contribution is 2.29. The van der Waals surface area contributed by atoms with Crippen LogP contribution in [0.2, 0.25) is 0 Å². The molecule has 1 aromatic rings. The highest BCUT2D eigenvalue weighted by atomic mass is 16.4. The molecule has 21 heavy (non-hydrogen) atoms. The molecule has 6 heteroatoms. The molecule has 0 atom stereocenters. The van der Waals surface area contributed by atoms with Crippen LogP contribution >= 0.6 is 0 Å². The average molecular weight is 290 g/mol. The van der Waals surface area contributed by atoms with Crippen molar-refractivity contribution in [1.29, 1.82) is 0 Å². The highest BCUT2D eigenvalue weighted by Gasteiger charge is 2.30. The largest absolute Gasteiger partial charge is 0.480 e. The maximum Gasteiger partial charge on any atom is 0.328 e. The number of rotatable bonds is 3. The van der Waals surface area contributed by atoms with Crippen molar-refractivity contribution in [2.45, 2.75) is 32.7 Å². The summed E-state index contributed by atoms with van der Waals surface area (Å²) in [6, 6.07) is 5.05. The first-order valence-corrected chi connectivity index (χ1v) is 6.69. The fourth-order valence-corrected chi connectivity index (χ4v) is 2.28. The van der Waals surface area contributed by atoms with Crippen molar-refractivity contribution in [2.24, 2.45) is 0 Å². The average Bonchev–Trinajstić information content (AvgIpc) is 2.80. The topological polar surface area (TPSA) is 86.7 Å². The van der Waals surface area contributed by atoms with Crippen LogP contribution in [-0.4, -0.2) is 35.0 Å². The number of carbonyl (C=O) groups excluding carboxylic acids is 2. The van der Waals surface area contributed by atoms with Crippen LogP contribution in [0.1, 0.15) is 36.7 Å². The van der Waals surface area contributed by atoms with E-state index in [-0.39, 0.29) is 5.91 Å². The van der Waals surface area contributed by atoms with E-state index in [1.807, 2.05) is 0 Å². The van der Waals surface area contributed by atoms with Crippen molar-refractivity contribution < 1.29 is 19.5 Å². The number of hydrogen-bond acceptors (Lipinski definition) is 3. The zero-order chi connectivity index (χ0) is 15.8. The van der Waals surface area contributed by atoms with E-state index in [4.69, 9.17) is 5.11 Å². The Balaban J connectivity index is 2.22. The van der Waals surface area contributed by atoms with Gasteiger partial charge in [0.2, 0.25) is 5.91 Å². The smallest absolute Gasteiger partial charge is 0.328 e. The molecule has 1 aliphatic heterocycles. The third-order valence-electron chi connectivity index (χ3n) is 3.58. The van der Waals surface area contributed by atoms with Gasteiger partial charge in [-0.25, -0.2) is 4.79 Å². The molecule has 1 aliphatic rings. The maximum absolute atomic E-state index is 12.1. The van der Waals surface area contributed by atoms with Crippen LogP contribution in [0.25, 0.3) is 0 Å². The molecule has 0 radical (unpaired) electrons. The van der Waals surface area contributed by atoms with Gasteiger partial charge in [-0.05, 0) is 44.0 Å². The molecule has 0 aromatic heterocycles. The summed E-state index contributed by atoms with van der Waals surface area (Å²) in [7, 11) is 0. The van der Waals surface area contributed by atoms with Crippen molar-refractivity contribution in [3.05, 3.63) is 29.3 Å². The predicted molar refractivity (Wildman–Crippen MR) is 77.4 cm³/mol. The number of fused-ring (bicyclic) bond motifs is 1. The number of hydrogen-bond donors (Lipinski definition) is 2. The Morgan fingerprint density at radius 1 is 1.29 bits per heavy atom. The number of carboxylic acid groups (broad SMARTS) is 1. The van der Waals surface area contributed by atoms with Crippen LogP contribution in [0, 0.1) is 0 Å². The quantitative estimate of drug-likeness (QED) is 0.875. The van der Waals surface area contributed by atoms with Crippen LogP contribution in [0.4, 0.5) is 5.69 Å². The number of nitrogens with one attached hydrogen (secondary N) is 1. The lowest BCUT2D eigenvalue weighted by Gasteiger charge is -2.21. The van der Waals surface area contributed by atoms with E-state index in [1.54, 1.807) is 23.1 Å². The van der Waals surface area contributed by atoms with Crippen LogP contribution in [0.3, 0.4) is 0 Å². The monoisotopic (exact) mass is 290 g/mol. The molecule has 0 bridgehead atoms. The van der Waals surface area contributed by atoms with E-state index in [2.05, 4.69) is 5.32 Å². The molecule has 0 fully saturated rings. The first-order chi connectivity index (χ1) is 9.72. The van der Waals surface area contributed by atoms with Gasteiger partial charge in [0, 0.05) is 24.7 Å². The maximum atomic E-state index is 12.1. The molecule has 2 N–H and O–H groups in total. The number of carboxylic acids is 1. The van der Waals surface area contributed by atoms with Gasteiger partial charge in [-0.2, -0.15) is 0 Å². The third kappa shape index (κ3) is 2.89. The minimum atomic E-state index is -1.33. The molecule has 2 amide bonds. The van der Waals surface area contributed by atoms with Gasteiger partial charge in [0.15, 0.2) is 0 Å². The normalized spacial score (nSPS) is 13.8. The SMILES string of the molecule is CC(=O)N1CCc2cc(C(=O)NC(C)(C)C(=O)O)ccc21. The Morgan fingerprint density at radius 2 is 1.95 bits per heavy atom. The van der Waals surface area contributed by atoms with Crippen molar-refractivity contribution in [1.82, 2.24) is 5.32 Å². The molecule has 1 aromatic carbocycles. The second kappa shape index (κ2) is 5.20. The fraction of sp³-hybridized carbons (Fsp3) is 0.400. The Kier molecular flexibility index (Phi) is 3.72. The molecule has 112 valence electrons. The van der Waals surface area contributed by atoms with Gasteiger partial charge in [0.1, 0.15) is 5.54 Å². The molecule has 2 rings (SSSR count). The van der Waals surface area contributed by atoms with Crippen molar-refractivity contribution in [3.8, 4) is 0 Å². The van der Waals surface area contributed by atoms with Crippen LogP contribution in [-0.2, 0) is 16.0 Å². The lowest BCUT2D eigenvalue weighted by molar-refractivity contribution is -0.143. The van der Waals surface area contributed by atoms with Gasteiger partial charge in [0.25, 0.3) is 5.91 Å². The molecule has 0 aliphatic carbocycles.